The van der Waals surface area contributed by atoms with Crippen molar-refractivity contribution in [3.8, 4) is 11.8 Å². The summed E-state index contributed by atoms with van der Waals surface area (Å²) in [7, 11) is 0.113. The van der Waals surface area contributed by atoms with E-state index in [1.807, 2.05) is 6.07 Å². The third-order valence-electron chi connectivity index (χ3n) is 4.74. The van der Waals surface area contributed by atoms with E-state index in [0.29, 0.717) is 5.75 Å². The summed E-state index contributed by atoms with van der Waals surface area (Å²) in [6, 6.07) is 7.17. The number of nitrogens with two attached hydrogens (primary N) is 1. The molecule has 8 heteroatoms. The molecular weight excluding hydrogens is 357 g/mol. The van der Waals surface area contributed by atoms with Gasteiger partial charge in [0.1, 0.15) is 24.0 Å². The lowest BCUT2D eigenvalue weighted by atomic mass is 10.0. The number of nitrogens with zero attached hydrogens (tertiary/aromatic N) is 2. The zero-order valence-corrected chi connectivity index (χ0v) is 16.0. The maximum Gasteiger partial charge on any atom is 0.242 e. The van der Waals surface area contributed by atoms with Crippen LogP contribution in [0.2, 0.25) is 0 Å². The Bertz CT molecular complexity index is 717. The first-order valence-electron chi connectivity index (χ1n) is 8.31. The number of carbonyl (C=O) groups excluding carboxylic acids is 1. The van der Waals surface area contributed by atoms with E-state index in [9.17, 15) is 13.4 Å². The van der Waals surface area contributed by atoms with Crippen LogP contribution in [0.25, 0.3) is 0 Å². The molecule has 1 aliphatic rings. The number of hydrogen-bond acceptors (Lipinski definition) is 5. The first-order valence-corrected chi connectivity index (χ1v) is 9.63. The van der Waals surface area contributed by atoms with E-state index in [1.54, 1.807) is 45.2 Å². The van der Waals surface area contributed by atoms with Gasteiger partial charge in [0.25, 0.3) is 0 Å². The summed E-state index contributed by atoms with van der Waals surface area (Å²) in [6.07, 6.45) is -1.24. The van der Waals surface area contributed by atoms with E-state index in [2.05, 4.69) is 0 Å². The summed E-state index contributed by atoms with van der Waals surface area (Å²) in [5.41, 5.74) is 6.93. The molecule has 142 valence electrons. The lowest BCUT2D eigenvalue weighted by molar-refractivity contribution is -0.133. The minimum Gasteiger partial charge on any atom is -0.497 e. The highest BCUT2D eigenvalue weighted by Gasteiger charge is 2.44. The van der Waals surface area contributed by atoms with Gasteiger partial charge in [0.2, 0.25) is 5.91 Å². The third kappa shape index (κ3) is 4.22. The van der Waals surface area contributed by atoms with E-state index in [-0.39, 0.29) is 18.7 Å². The standard InChI is InChI=1S/C18H24FN3O3S/c1-18(2,26(24)11-12-4-6-15(25-3)7-5-12)16(21)17(23)22-10-13(19)8-14(22)9-20/h4-7,13-14,16H,8,10-11,21H2,1-3H3/t13?,14-,16+,26?/m0/s1. The SMILES string of the molecule is COc1ccc(CS(=O)C(C)(C)[C@H](N)C(=O)N2CC(F)C[C@H]2C#N)cc1. The van der Waals surface area contributed by atoms with Crippen LogP contribution in [-0.4, -0.2) is 51.7 Å². The highest BCUT2D eigenvalue weighted by Crippen LogP contribution is 2.26. The summed E-state index contributed by atoms with van der Waals surface area (Å²) < 4.78 is 30.5. The number of likely N-dealkylation sites (tertiary alicyclic amines) is 1. The molecular formula is C18H24FN3O3S. The molecule has 0 saturated carbocycles. The molecule has 6 nitrogen and oxygen atoms in total. The van der Waals surface area contributed by atoms with Gasteiger partial charge in [-0.05, 0) is 31.5 Å². The largest absolute Gasteiger partial charge is 0.497 e. The van der Waals surface area contributed by atoms with Crippen LogP contribution < -0.4 is 10.5 Å². The van der Waals surface area contributed by atoms with Crippen LogP contribution >= 0.6 is 0 Å². The molecule has 26 heavy (non-hydrogen) atoms. The Morgan fingerprint density at radius 1 is 1.50 bits per heavy atom. The highest BCUT2D eigenvalue weighted by atomic mass is 32.2. The molecule has 2 unspecified atom stereocenters. The number of alkyl halides is 1. The molecule has 2 N–H and O–H groups in total. The number of nitriles is 1. The fourth-order valence-electron chi connectivity index (χ4n) is 2.83. The zero-order valence-electron chi connectivity index (χ0n) is 15.1. The molecule has 1 aliphatic heterocycles. The van der Waals surface area contributed by atoms with Gasteiger partial charge in [-0.2, -0.15) is 5.26 Å². The number of hydrogen-bond donors (Lipinski definition) is 1. The van der Waals surface area contributed by atoms with Crippen molar-refractivity contribution in [1.29, 1.82) is 5.26 Å². The molecule has 1 saturated heterocycles. The Hall–Kier alpha value is -1.98. The van der Waals surface area contributed by atoms with Gasteiger partial charge >= 0.3 is 0 Å². The van der Waals surface area contributed by atoms with E-state index < -0.39 is 39.7 Å². The molecule has 0 radical (unpaired) electrons. The summed E-state index contributed by atoms with van der Waals surface area (Å²) in [5, 5.41) is 9.11. The second kappa shape index (κ2) is 8.14. The van der Waals surface area contributed by atoms with E-state index in [1.165, 1.54) is 4.90 Å². The van der Waals surface area contributed by atoms with Crippen LogP contribution in [0.4, 0.5) is 4.39 Å². The van der Waals surface area contributed by atoms with Gasteiger partial charge in [0.15, 0.2) is 0 Å². The van der Waals surface area contributed by atoms with Gasteiger partial charge in [-0.3, -0.25) is 9.00 Å². The van der Waals surface area contributed by atoms with Crippen molar-refractivity contribution < 1.29 is 18.1 Å². The van der Waals surface area contributed by atoms with E-state index >= 15 is 0 Å². The van der Waals surface area contributed by atoms with Crippen molar-refractivity contribution in [3.63, 3.8) is 0 Å². The minimum absolute atomic E-state index is 0.00960. The highest BCUT2D eigenvalue weighted by molar-refractivity contribution is 7.85. The van der Waals surface area contributed by atoms with Gasteiger partial charge in [0.05, 0.1) is 24.5 Å². The first-order chi connectivity index (χ1) is 12.2. The first kappa shape index (κ1) is 20.3. The van der Waals surface area contributed by atoms with E-state index in [0.717, 1.165) is 5.56 Å². The van der Waals surface area contributed by atoms with Gasteiger partial charge in [-0.25, -0.2) is 4.39 Å². The summed E-state index contributed by atoms with van der Waals surface area (Å²) in [5.74, 6) is 0.388. The monoisotopic (exact) mass is 381 g/mol. The van der Waals surface area contributed by atoms with Gasteiger partial charge in [0, 0.05) is 23.0 Å². The number of amides is 1. The zero-order chi connectivity index (χ0) is 19.5. The van der Waals surface area contributed by atoms with Gasteiger partial charge < -0.3 is 15.4 Å². The Morgan fingerprint density at radius 2 is 2.12 bits per heavy atom. The van der Waals surface area contributed by atoms with Crippen LogP contribution in [0.5, 0.6) is 5.75 Å². The number of methoxy groups -OCH3 is 1. The summed E-state index contributed by atoms with van der Waals surface area (Å²) >= 11 is 0. The van der Waals surface area contributed by atoms with Gasteiger partial charge in [-0.15, -0.1) is 0 Å². The fourth-order valence-corrected chi connectivity index (χ4v) is 4.08. The van der Waals surface area contributed by atoms with Crippen LogP contribution in [0.1, 0.15) is 25.8 Å². The topological polar surface area (TPSA) is 96.4 Å². The lowest BCUT2D eigenvalue weighted by Crippen LogP contribution is -2.57. The smallest absolute Gasteiger partial charge is 0.242 e. The van der Waals surface area contributed by atoms with Crippen molar-refractivity contribution >= 4 is 16.7 Å². The molecule has 4 atom stereocenters. The minimum atomic E-state index is -1.45. The number of halogens is 1. The predicted octanol–water partition coefficient (Wildman–Crippen LogP) is 1.51. The predicted molar refractivity (Wildman–Crippen MR) is 97.5 cm³/mol. The molecule has 1 heterocycles. The summed E-state index contributed by atoms with van der Waals surface area (Å²) in [4.78, 5) is 13.8. The van der Waals surface area contributed by atoms with Crippen molar-refractivity contribution in [2.75, 3.05) is 13.7 Å². The summed E-state index contributed by atoms with van der Waals surface area (Å²) in [6.45, 7) is 3.16. The van der Waals surface area contributed by atoms with Crippen LogP contribution in [0, 0.1) is 11.3 Å². The average molecular weight is 381 g/mol. The maximum absolute atomic E-state index is 13.6. The second-order valence-electron chi connectivity index (χ2n) is 6.89. The quantitative estimate of drug-likeness (QED) is 0.806. The Labute approximate surface area is 155 Å². The number of rotatable bonds is 6. The van der Waals surface area contributed by atoms with Crippen LogP contribution in [0.3, 0.4) is 0 Å². The molecule has 0 spiro atoms. The van der Waals surface area contributed by atoms with Crippen molar-refractivity contribution in [2.45, 2.75) is 49.0 Å². The Morgan fingerprint density at radius 3 is 2.65 bits per heavy atom. The van der Waals surface area contributed by atoms with Crippen molar-refractivity contribution in [3.05, 3.63) is 29.8 Å². The maximum atomic E-state index is 13.6. The van der Waals surface area contributed by atoms with E-state index in [4.69, 9.17) is 15.7 Å². The number of carbonyl (C=O) groups is 1. The van der Waals surface area contributed by atoms with Crippen molar-refractivity contribution in [1.82, 2.24) is 4.90 Å². The number of ether oxygens (including phenoxy) is 1. The molecule has 1 aromatic rings. The molecule has 1 amide bonds. The third-order valence-corrected chi connectivity index (χ3v) is 6.76. The fraction of sp³-hybridized carbons (Fsp3) is 0.556. The molecule has 1 fully saturated rings. The average Bonchev–Trinajstić information content (AvgIpc) is 3.01. The Kier molecular flexibility index (Phi) is 6.37. The second-order valence-corrected chi connectivity index (χ2v) is 8.92. The molecule has 1 aromatic carbocycles. The lowest BCUT2D eigenvalue weighted by Gasteiger charge is -2.33. The Balaban J connectivity index is 2.10. The normalized spacial score (nSPS) is 22.5. The molecule has 0 aliphatic carbocycles. The van der Waals surface area contributed by atoms with Crippen molar-refractivity contribution in [2.24, 2.45) is 5.73 Å². The van der Waals surface area contributed by atoms with Crippen LogP contribution in [0.15, 0.2) is 24.3 Å². The van der Waals surface area contributed by atoms with Crippen LogP contribution in [-0.2, 0) is 21.3 Å². The number of benzene rings is 1. The molecule has 2 rings (SSSR count). The van der Waals surface area contributed by atoms with Gasteiger partial charge in [-0.1, -0.05) is 12.1 Å². The molecule has 0 aromatic heterocycles. The molecule has 0 bridgehead atoms.